The molecule has 8 heteroatoms. The van der Waals surface area contributed by atoms with E-state index in [0.717, 1.165) is 20.5 Å². The topological polar surface area (TPSA) is 58.9 Å². The van der Waals surface area contributed by atoms with E-state index in [2.05, 4.69) is 21.1 Å². The molecule has 4 nitrogen and oxygen atoms in total. The number of thioether (sulfide) groups is 1. The van der Waals surface area contributed by atoms with Gasteiger partial charge >= 0.3 is 5.97 Å². The number of carbonyl (C=O) groups is 1. The van der Waals surface area contributed by atoms with Crippen LogP contribution in [-0.4, -0.2) is 29.7 Å². The number of oxime groups is 1. The molecule has 2 aromatic carbocycles. The SMILES string of the molecule is CO/N=C(\Cc1cc(Cl)cc(Cl)c1)c1ccc(SCC(=O)O)c(Br)c1. The second kappa shape index (κ2) is 9.48. The number of carboxylic acid groups (broad SMARTS) is 1. The molecule has 2 rings (SSSR count). The lowest BCUT2D eigenvalue weighted by Gasteiger charge is -2.10. The average molecular weight is 463 g/mol. The van der Waals surface area contributed by atoms with Crippen molar-refractivity contribution in [3.8, 4) is 0 Å². The monoisotopic (exact) mass is 461 g/mol. The number of nitrogens with zero attached hydrogens (tertiary/aromatic N) is 1. The highest BCUT2D eigenvalue weighted by Crippen LogP contribution is 2.29. The van der Waals surface area contributed by atoms with Crippen molar-refractivity contribution in [1.29, 1.82) is 0 Å². The zero-order valence-corrected chi connectivity index (χ0v) is 17.0. The van der Waals surface area contributed by atoms with Gasteiger partial charge in [0.2, 0.25) is 0 Å². The molecule has 132 valence electrons. The second-order valence-electron chi connectivity index (χ2n) is 5.00. The van der Waals surface area contributed by atoms with E-state index >= 15 is 0 Å². The van der Waals surface area contributed by atoms with Gasteiger partial charge in [-0.3, -0.25) is 4.79 Å². The second-order valence-corrected chi connectivity index (χ2v) is 7.75. The zero-order chi connectivity index (χ0) is 18.4. The Bertz CT molecular complexity index is 794. The van der Waals surface area contributed by atoms with Crippen LogP contribution in [0.5, 0.6) is 0 Å². The number of rotatable bonds is 7. The highest BCUT2D eigenvalue weighted by molar-refractivity contribution is 9.10. The lowest BCUT2D eigenvalue weighted by Crippen LogP contribution is -2.07. The van der Waals surface area contributed by atoms with Gasteiger partial charge in [-0.1, -0.05) is 34.4 Å². The predicted molar refractivity (Wildman–Crippen MR) is 106 cm³/mol. The van der Waals surface area contributed by atoms with E-state index in [0.29, 0.717) is 22.2 Å². The Morgan fingerprint density at radius 2 is 1.92 bits per heavy atom. The smallest absolute Gasteiger partial charge is 0.313 e. The van der Waals surface area contributed by atoms with Crippen LogP contribution in [0, 0.1) is 0 Å². The molecule has 0 aliphatic rings. The number of hydrogen-bond acceptors (Lipinski definition) is 4. The first kappa shape index (κ1) is 20.1. The summed E-state index contributed by atoms with van der Waals surface area (Å²) >= 11 is 16.8. The molecule has 0 radical (unpaired) electrons. The number of halogens is 3. The molecule has 0 bridgehead atoms. The van der Waals surface area contributed by atoms with Crippen LogP contribution >= 0.6 is 50.9 Å². The fourth-order valence-corrected chi connectivity index (χ4v) is 4.07. The standard InChI is InChI=1S/C17H14BrCl2NO3S/c1-24-21-15(6-10-4-12(19)8-13(20)5-10)11-2-3-16(14(18)7-11)25-9-17(22)23/h2-5,7-8H,6,9H2,1H3,(H,22,23)/b21-15+. The van der Waals surface area contributed by atoms with E-state index in [9.17, 15) is 4.79 Å². The molecule has 0 saturated heterocycles. The molecule has 25 heavy (non-hydrogen) atoms. The van der Waals surface area contributed by atoms with Crippen molar-refractivity contribution in [2.45, 2.75) is 11.3 Å². The summed E-state index contributed by atoms with van der Waals surface area (Å²) in [5.41, 5.74) is 2.47. The van der Waals surface area contributed by atoms with Crippen molar-refractivity contribution >= 4 is 62.6 Å². The van der Waals surface area contributed by atoms with Gasteiger partial charge in [0.25, 0.3) is 0 Å². The maximum absolute atomic E-state index is 10.7. The molecule has 1 N–H and O–H groups in total. The Hall–Kier alpha value is -1.21. The molecule has 0 heterocycles. The highest BCUT2D eigenvalue weighted by atomic mass is 79.9. The molecule has 0 aliphatic heterocycles. The molecular weight excluding hydrogens is 449 g/mol. The summed E-state index contributed by atoms with van der Waals surface area (Å²) in [6, 6.07) is 10.9. The summed E-state index contributed by atoms with van der Waals surface area (Å²) in [5, 5.41) is 14.0. The van der Waals surface area contributed by atoms with Crippen molar-refractivity contribution in [3.05, 3.63) is 62.0 Å². The Morgan fingerprint density at radius 1 is 1.24 bits per heavy atom. The van der Waals surface area contributed by atoms with Crippen LogP contribution in [0.25, 0.3) is 0 Å². The quantitative estimate of drug-likeness (QED) is 0.334. The van der Waals surface area contributed by atoms with Crippen LogP contribution in [0.2, 0.25) is 10.0 Å². The normalized spacial score (nSPS) is 11.4. The van der Waals surface area contributed by atoms with Gasteiger partial charge in [0.05, 0.1) is 11.5 Å². The lowest BCUT2D eigenvalue weighted by atomic mass is 10.0. The Kier molecular flexibility index (Phi) is 7.62. The van der Waals surface area contributed by atoms with Crippen molar-refractivity contribution in [3.63, 3.8) is 0 Å². The van der Waals surface area contributed by atoms with Gasteiger partial charge in [-0.25, -0.2) is 0 Å². The fourth-order valence-electron chi connectivity index (χ4n) is 2.14. The van der Waals surface area contributed by atoms with Gasteiger partial charge in [-0.2, -0.15) is 0 Å². The first-order chi connectivity index (χ1) is 11.9. The Morgan fingerprint density at radius 3 is 2.48 bits per heavy atom. The third-order valence-corrected chi connectivity index (χ3v) is 5.52. The van der Waals surface area contributed by atoms with E-state index in [1.54, 1.807) is 6.07 Å². The molecule has 0 fully saturated rings. The number of carboxylic acids is 1. The maximum Gasteiger partial charge on any atom is 0.313 e. The van der Waals surface area contributed by atoms with Crippen molar-refractivity contribution < 1.29 is 14.7 Å². The highest BCUT2D eigenvalue weighted by Gasteiger charge is 2.11. The Balaban J connectivity index is 2.26. The first-order valence-electron chi connectivity index (χ1n) is 7.08. The minimum atomic E-state index is -0.861. The van der Waals surface area contributed by atoms with Crippen LogP contribution in [0.4, 0.5) is 0 Å². The van der Waals surface area contributed by atoms with Crippen LogP contribution < -0.4 is 0 Å². The van der Waals surface area contributed by atoms with Crippen LogP contribution in [0.15, 0.2) is 50.9 Å². The van der Waals surface area contributed by atoms with Gasteiger partial charge in [0.1, 0.15) is 7.11 Å². The lowest BCUT2D eigenvalue weighted by molar-refractivity contribution is -0.133. The van der Waals surface area contributed by atoms with Crippen molar-refractivity contribution in [2.75, 3.05) is 12.9 Å². The molecule has 0 amide bonds. The Labute approximate surface area is 168 Å². The van der Waals surface area contributed by atoms with Crippen molar-refractivity contribution in [1.82, 2.24) is 0 Å². The van der Waals surface area contributed by atoms with Crippen LogP contribution in [0.1, 0.15) is 11.1 Å². The van der Waals surface area contributed by atoms with E-state index in [4.69, 9.17) is 33.1 Å². The van der Waals surface area contributed by atoms with E-state index in [1.165, 1.54) is 18.9 Å². The minimum Gasteiger partial charge on any atom is -0.481 e. The van der Waals surface area contributed by atoms with Gasteiger partial charge in [0.15, 0.2) is 0 Å². The summed E-state index contributed by atoms with van der Waals surface area (Å²) in [6.07, 6.45) is 0.488. The zero-order valence-electron chi connectivity index (χ0n) is 13.1. The van der Waals surface area contributed by atoms with Crippen molar-refractivity contribution in [2.24, 2.45) is 5.16 Å². The summed E-state index contributed by atoms with van der Waals surface area (Å²) in [4.78, 5) is 16.5. The maximum atomic E-state index is 10.7. The third-order valence-electron chi connectivity index (χ3n) is 3.11. The number of benzene rings is 2. The minimum absolute atomic E-state index is 0.00201. The molecule has 0 unspecified atom stereocenters. The van der Waals surface area contributed by atoms with Crippen LogP contribution in [0.3, 0.4) is 0 Å². The molecule has 0 aliphatic carbocycles. The summed E-state index contributed by atoms with van der Waals surface area (Å²) in [5.74, 6) is -0.863. The predicted octanol–water partition coefficient (Wildman–Crippen LogP) is 5.53. The number of hydrogen-bond donors (Lipinski definition) is 1. The molecule has 0 spiro atoms. The van der Waals surface area contributed by atoms with E-state index < -0.39 is 5.97 Å². The molecular formula is C17H14BrCl2NO3S. The van der Waals surface area contributed by atoms with E-state index in [-0.39, 0.29) is 5.75 Å². The first-order valence-corrected chi connectivity index (χ1v) is 9.62. The number of aliphatic carboxylic acids is 1. The summed E-state index contributed by atoms with van der Waals surface area (Å²) in [6.45, 7) is 0. The molecule has 0 aromatic heterocycles. The summed E-state index contributed by atoms with van der Waals surface area (Å²) < 4.78 is 0.796. The van der Waals surface area contributed by atoms with Crippen LogP contribution in [-0.2, 0) is 16.1 Å². The largest absolute Gasteiger partial charge is 0.481 e. The summed E-state index contributed by atoms with van der Waals surface area (Å²) in [7, 11) is 1.48. The van der Waals surface area contributed by atoms with Gasteiger partial charge < -0.3 is 9.94 Å². The average Bonchev–Trinajstić information content (AvgIpc) is 2.52. The fraction of sp³-hybridized carbons (Fsp3) is 0.176. The van der Waals surface area contributed by atoms with Gasteiger partial charge in [0, 0.05) is 31.4 Å². The van der Waals surface area contributed by atoms with Gasteiger partial charge in [-0.05, 0) is 51.8 Å². The van der Waals surface area contributed by atoms with Gasteiger partial charge in [-0.15, -0.1) is 11.8 Å². The van der Waals surface area contributed by atoms with E-state index in [1.807, 2.05) is 30.3 Å². The molecule has 2 aromatic rings. The molecule has 0 atom stereocenters. The third kappa shape index (κ3) is 6.22. The molecule has 0 saturated carbocycles.